The molecule has 0 spiro atoms. The molecule has 1 saturated heterocycles. The zero-order chi connectivity index (χ0) is 7.68. The molecule has 3 nitrogen and oxygen atoms in total. The number of nitrogens with zero attached hydrogens (tertiary/aromatic N) is 1. The molecule has 0 unspecified atom stereocenters. The summed E-state index contributed by atoms with van der Waals surface area (Å²) < 4.78 is 0. The van der Waals surface area contributed by atoms with Crippen molar-refractivity contribution in [3.05, 3.63) is 18.2 Å². The molecule has 1 aliphatic rings. The van der Waals surface area contributed by atoms with Gasteiger partial charge in [0.25, 0.3) is 0 Å². The summed E-state index contributed by atoms with van der Waals surface area (Å²) in [4.78, 5) is 7.16. The molecule has 60 valence electrons. The van der Waals surface area contributed by atoms with Crippen molar-refractivity contribution in [3.63, 3.8) is 0 Å². The molecule has 1 aliphatic heterocycles. The van der Waals surface area contributed by atoms with Crippen LogP contribution < -0.4 is 5.32 Å². The van der Waals surface area contributed by atoms with Crippen molar-refractivity contribution in [2.75, 3.05) is 6.54 Å². The Morgan fingerprint density at radius 1 is 1.64 bits per heavy atom. The zero-order valence-electron chi connectivity index (χ0n) is 6.67. The summed E-state index contributed by atoms with van der Waals surface area (Å²) in [6.45, 7) is 3.31. The van der Waals surface area contributed by atoms with Crippen LogP contribution in [0.4, 0.5) is 0 Å². The lowest BCUT2D eigenvalue weighted by molar-refractivity contribution is 0.656. The molecule has 0 saturated carbocycles. The monoisotopic (exact) mass is 151 g/mol. The highest BCUT2D eigenvalue weighted by Gasteiger charge is 2.22. The largest absolute Gasteiger partial charge is 0.348 e. The third-order valence-corrected chi connectivity index (χ3v) is 2.31. The molecule has 1 aromatic rings. The van der Waals surface area contributed by atoms with E-state index in [1.54, 1.807) is 6.33 Å². The highest BCUT2D eigenvalue weighted by Crippen LogP contribution is 2.22. The first-order chi connectivity index (χ1) is 5.36. The molecule has 2 atom stereocenters. The van der Waals surface area contributed by atoms with Crippen molar-refractivity contribution in [3.8, 4) is 0 Å². The van der Waals surface area contributed by atoms with Gasteiger partial charge in [0.05, 0.1) is 6.33 Å². The van der Waals surface area contributed by atoms with Gasteiger partial charge in [-0.05, 0) is 13.3 Å². The molecule has 11 heavy (non-hydrogen) atoms. The summed E-state index contributed by atoms with van der Waals surface area (Å²) in [5.41, 5.74) is 1.27. The van der Waals surface area contributed by atoms with E-state index in [9.17, 15) is 0 Å². The lowest BCUT2D eigenvalue weighted by Gasteiger charge is -2.03. The molecule has 1 fully saturated rings. The fraction of sp³-hybridized carbons (Fsp3) is 0.625. The van der Waals surface area contributed by atoms with Crippen LogP contribution in [0.3, 0.4) is 0 Å². The van der Waals surface area contributed by atoms with Crippen molar-refractivity contribution in [2.24, 2.45) is 0 Å². The number of hydrogen-bond donors (Lipinski definition) is 2. The van der Waals surface area contributed by atoms with E-state index in [1.807, 2.05) is 6.20 Å². The summed E-state index contributed by atoms with van der Waals surface area (Å²) in [7, 11) is 0. The molecule has 0 radical (unpaired) electrons. The van der Waals surface area contributed by atoms with Crippen LogP contribution in [0.15, 0.2) is 12.5 Å². The topological polar surface area (TPSA) is 40.7 Å². The van der Waals surface area contributed by atoms with Crippen LogP contribution in [0.5, 0.6) is 0 Å². The van der Waals surface area contributed by atoms with Gasteiger partial charge in [0.15, 0.2) is 0 Å². The number of aromatic nitrogens is 2. The van der Waals surface area contributed by atoms with Gasteiger partial charge in [-0.3, -0.25) is 0 Å². The van der Waals surface area contributed by atoms with Gasteiger partial charge in [-0.15, -0.1) is 0 Å². The number of rotatable bonds is 1. The molecule has 0 aromatic carbocycles. The Labute approximate surface area is 66.2 Å². The fourth-order valence-electron chi connectivity index (χ4n) is 1.66. The van der Waals surface area contributed by atoms with Gasteiger partial charge in [-0.1, -0.05) is 0 Å². The second-order valence-corrected chi connectivity index (χ2v) is 3.25. The SMILES string of the molecule is C[C@H]1C[C@H](c2cnc[nH]2)CN1. The number of hydrogen-bond acceptors (Lipinski definition) is 2. The number of H-pyrrole nitrogens is 1. The lowest BCUT2D eigenvalue weighted by Crippen LogP contribution is -2.16. The maximum Gasteiger partial charge on any atom is 0.0921 e. The maximum atomic E-state index is 4.01. The van der Waals surface area contributed by atoms with E-state index in [0.29, 0.717) is 12.0 Å². The van der Waals surface area contributed by atoms with Crippen LogP contribution >= 0.6 is 0 Å². The van der Waals surface area contributed by atoms with E-state index in [1.165, 1.54) is 12.1 Å². The Kier molecular flexibility index (Phi) is 1.66. The van der Waals surface area contributed by atoms with Crippen LogP contribution in [-0.4, -0.2) is 22.6 Å². The molecule has 3 heteroatoms. The van der Waals surface area contributed by atoms with Crippen LogP contribution in [0, 0.1) is 0 Å². The molecule has 1 aromatic heterocycles. The van der Waals surface area contributed by atoms with E-state index >= 15 is 0 Å². The molecule has 0 aliphatic carbocycles. The predicted octanol–water partition coefficient (Wildman–Crippen LogP) is 0.875. The lowest BCUT2D eigenvalue weighted by atomic mass is 10.0. The van der Waals surface area contributed by atoms with Crippen LogP contribution in [0.2, 0.25) is 0 Å². The van der Waals surface area contributed by atoms with Crippen molar-refractivity contribution in [1.29, 1.82) is 0 Å². The normalized spacial score (nSPS) is 31.0. The first kappa shape index (κ1) is 6.85. The van der Waals surface area contributed by atoms with Gasteiger partial charge in [-0.25, -0.2) is 4.98 Å². The number of imidazole rings is 1. The van der Waals surface area contributed by atoms with Crippen molar-refractivity contribution in [1.82, 2.24) is 15.3 Å². The molecule has 0 bridgehead atoms. The first-order valence-electron chi connectivity index (χ1n) is 4.08. The van der Waals surface area contributed by atoms with E-state index in [2.05, 4.69) is 22.2 Å². The van der Waals surface area contributed by atoms with Gasteiger partial charge >= 0.3 is 0 Å². The van der Waals surface area contributed by atoms with Crippen molar-refractivity contribution in [2.45, 2.75) is 25.3 Å². The Balaban J connectivity index is 2.08. The summed E-state index contributed by atoms with van der Waals surface area (Å²) in [6, 6.07) is 0.656. The maximum absolute atomic E-state index is 4.01. The average Bonchev–Trinajstić information content (AvgIpc) is 2.55. The summed E-state index contributed by atoms with van der Waals surface area (Å²) in [6.07, 6.45) is 4.89. The van der Waals surface area contributed by atoms with E-state index in [0.717, 1.165) is 6.54 Å². The van der Waals surface area contributed by atoms with Crippen LogP contribution in [0.25, 0.3) is 0 Å². The fourth-order valence-corrected chi connectivity index (χ4v) is 1.66. The number of nitrogens with one attached hydrogen (secondary N) is 2. The molecule has 2 heterocycles. The molecule has 2 N–H and O–H groups in total. The minimum Gasteiger partial charge on any atom is -0.348 e. The van der Waals surface area contributed by atoms with Crippen LogP contribution in [0.1, 0.15) is 25.0 Å². The van der Waals surface area contributed by atoms with Gasteiger partial charge in [0, 0.05) is 30.4 Å². The van der Waals surface area contributed by atoms with Crippen molar-refractivity contribution >= 4 is 0 Å². The van der Waals surface area contributed by atoms with Gasteiger partial charge in [0.2, 0.25) is 0 Å². The van der Waals surface area contributed by atoms with E-state index in [-0.39, 0.29) is 0 Å². The minimum absolute atomic E-state index is 0.646. The van der Waals surface area contributed by atoms with Gasteiger partial charge in [-0.2, -0.15) is 0 Å². The zero-order valence-corrected chi connectivity index (χ0v) is 6.67. The van der Waals surface area contributed by atoms with E-state index < -0.39 is 0 Å². The second kappa shape index (κ2) is 2.66. The highest BCUT2D eigenvalue weighted by molar-refractivity contribution is 5.07. The smallest absolute Gasteiger partial charge is 0.0921 e. The summed E-state index contributed by atoms with van der Waals surface area (Å²) in [5, 5.41) is 3.41. The Morgan fingerprint density at radius 2 is 2.55 bits per heavy atom. The summed E-state index contributed by atoms with van der Waals surface area (Å²) in [5.74, 6) is 0.646. The summed E-state index contributed by atoms with van der Waals surface area (Å²) >= 11 is 0. The highest BCUT2D eigenvalue weighted by atomic mass is 15.0. The molecular weight excluding hydrogens is 138 g/mol. The third kappa shape index (κ3) is 1.28. The Hall–Kier alpha value is -0.830. The predicted molar refractivity (Wildman–Crippen MR) is 43.4 cm³/mol. The first-order valence-corrected chi connectivity index (χ1v) is 4.08. The van der Waals surface area contributed by atoms with Gasteiger partial charge < -0.3 is 10.3 Å². The van der Waals surface area contributed by atoms with Gasteiger partial charge in [0.1, 0.15) is 0 Å². The van der Waals surface area contributed by atoms with E-state index in [4.69, 9.17) is 0 Å². The third-order valence-electron chi connectivity index (χ3n) is 2.31. The van der Waals surface area contributed by atoms with Crippen molar-refractivity contribution < 1.29 is 0 Å². The quantitative estimate of drug-likeness (QED) is 0.625. The number of aromatic amines is 1. The standard InChI is InChI=1S/C8H13N3/c1-6-2-7(3-10-6)8-4-9-5-11-8/h4-7,10H,2-3H2,1H3,(H,9,11)/t6-,7-/m0/s1. The Bertz CT molecular complexity index is 217. The average molecular weight is 151 g/mol. The Morgan fingerprint density at radius 3 is 3.09 bits per heavy atom. The molecular formula is C8H13N3. The second-order valence-electron chi connectivity index (χ2n) is 3.25. The minimum atomic E-state index is 0.646. The van der Waals surface area contributed by atoms with Crippen LogP contribution in [-0.2, 0) is 0 Å². The molecule has 2 rings (SSSR count). The molecule has 0 amide bonds.